The van der Waals surface area contributed by atoms with Crippen molar-refractivity contribution in [1.82, 2.24) is 10.3 Å². The van der Waals surface area contributed by atoms with Gasteiger partial charge in [0.25, 0.3) is 5.91 Å². The normalized spacial score (nSPS) is 10.1. The van der Waals surface area contributed by atoms with Gasteiger partial charge in [-0.15, -0.1) is 0 Å². The highest BCUT2D eigenvalue weighted by Crippen LogP contribution is 2.19. The number of hydrogen-bond acceptors (Lipinski definition) is 3. The number of pyridine rings is 1. The van der Waals surface area contributed by atoms with Gasteiger partial charge in [0, 0.05) is 18.0 Å². The molecular weight excluding hydrogens is 299 g/mol. The molecular formula is C14H10F3N3O2. The highest BCUT2D eigenvalue weighted by atomic mass is 19.2. The van der Waals surface area contributed by atoms with Crippen LogP contribution in [-0.4, -0.2) is 23.3 Å². The van der Waals surface area contributed by atoms with Crippen LogP contribution in [0.1, 0.15) is 10.4 Å². The van der Waals surface area contributed by atoms with E-state index in [1.54, 1.807) is 0 Å². The molecule has 8 heteroatoms. The molecule has 2 N–H and O–H groups in total. The maximum atomic E-state index is 13.4. The molecule has 0 fully saturated rings. The summed E-state index contributed by atoms with van der Waals surface area (Å²) in [5.74, 6) is -5.86. The number of halogens is 3. The van der Waals surface area contributed by atoms with Crippen LogP contribution in [0.2, 0.25) is 0 Å². The van der Waals surface area contributed by atoms with Crippen LogP contribution in [0.25, 0.3) is 0 Å². The van der Waals surface area contributed by atoms with E-state index in [9.17, 15) is 22.8 Å². The fourth-order valence-corrected chi connectivity index (χ4v) is 1.58. The predicted octanol–water partition coefficient (Wildman–Crippen LogP) is 1.87. The Morgan fingerprint density at radius 2 is 1.68 bits per heavy atom. The average Bonchev–Trinajstić information content (AvgIpc) is 2.54. The number of nitrogens with one attached hydrogen (secondary N) is 2. The van der Waals surface area contributed by atoms with Crippen LogP contribution >= 0.6 is 0 Å². The smallest absolute Gasteiger partial charge is 0.251 e. The zero-order valence-corrected chi connectivity index (χ0v) is 11.1. The first kappa shape index (κ1) is 15.5. The van der Waals surface area contributed by atoms with E-state index < -0.39 is 41.5 Å². The molecule has 0 saturated carbocycles. The van der Waals surface area contributed by atoms with Gasteiger partial charge in [0.1, 0.15) is 0 Å². The van der Waals surface area contributed by atoms with Crippen molar-refractivity contribution in [1.29, 1.82) is 0 Å². The van der Waals surface area contributed by atoms with Crippen molar-refractivity contribution in [3.63, 3.8) is 0 Å². The molecule has 0 spiro atoms. The molecule has 1 aromatic heterocycles. The van der Waals surface area contributed by atoms with Crippen LogP contribution in [0.4, 0.5) is 18.9 Å². The molecule has 0 aliphatic rings. The number of hydrogen-bond donors (Lipinski definition) is 2. The lowest BCUT2D eigenvalue weighted by Gasteiger charge is -2.08. The summed E-state index contributed by atoms with van der Waals surface area (Å²) in [6.45, 7) is -0.459. The number of carbonyl (C=O) groups is 2. The molecule has 0 atom stereocenters. The van der Waals surface area contributed by atoms with Gasteiger partial charge in [-0.3, -0.25) is 14.6 Å². The highest BCUT2D eigenvalue weighted by Gasteiger charge is 2.15. The zero-order valence-electron chi connectivity index (χ0n) is 11.1. The third-order valence-electron chi connectivity index (χ3n) is 2.66. The fourth-order valence-electron chi connectivity index (χ4n) is 1.58. The Balaban J connectivity index is 1.94. The standard InChI is InChI=1S/C14H10F3N3O2/c15-9-1-2-10(13(17)12(9)16)20-11(21)7-19-14(22)8-3-5-18-6-4-8/h1-6H,7H2,(H,19,22)(H,20,21). The lowest BCUT2D eigenvalue weighted by molar-refractivity contribution is -0.115. The topological polar surface area (TPSA) is 71.1 Å². The van der Waals surface area contributed by atoms with Crippen molar-refractivity contribution in [3.05, 3.63) is 59.7 Å². The molecule has 1 heterocycles. The van der Waals surface area contributed by atoms with Crippen LogP contribution < -0.4 is 10.6 Å². The Kier molecular flexibility index (Phi) is 4.72. The summed E-state index contributed by atoms with van der Waals surface area (Å²) in [5.41, 5.74) is -0.219. The van der Waals surface area contributed by atoms with Crippen molar-refractivity contribution in [2.45, 2.75) is 0 Å². The molecule has 0 bridgehead atoms. The Hall–Kier alpha value is -2.90. The molecule has 0 saturated heterocycles. The van der Waals surface area contributed by atoms with E-state index in [0.717, 1.165) is 6.07 Å². The van der Waals surface area contributed by atoms with Gasteiger partial charge < -0.3 is 10.6 Å². The summed E-state index contributed by atoms with van der Waals surface area (Å²) in [4.78, 5) is 27.0. The van der Waals surface area contributed by atoms with E-state index in [0.29, 0.717) is 11.6 Å². The molecule has 0 unspecified atom stereocenters. The zero-order chi connectivity index (χ0) is 16.1. The van der Waals surface area contributed by atoms with Gasteiger partial charge in [-0.1, -0.05) is 0 Å². The first-order chi connectivity index (χ1) is 10.5. The average molecular weight is 309 g/mol. The number of carbonyl (C=O) groups excluding carboxylic acids is 2. The van der Waals surface area contributed by atoms with Crippen molar-refractivity contribution in [2.75, 3.05) is 11.9 Å². The Morgan fingerprint density at radius 1 is 1.00 bits per heavy atom. The van der Waals surface area contributed by atoms with Crippen LogP contribution in [0, 0.1) is 17.5 Å². The number of amides is 2. The van der Waals surface area contributed by atoms with Gasteiger partial charge in [-0.2, -0.15) is 0 Å². The second-order valence-electron chi connectivity index (χ2n) is 4.19. The van der Waals surface area contributed by atoms with E-state index in [1.807, 2.05) is 5.32 Å². The minimum absolute atomic E-state index is 0.293. The SMILES string of the molecule is O=C(CNC(=O)c1ccncc1)Nc1ccc(F)c(F)c1F. The van der Waals surface area contributed by atoms with Gasteiger partial charge in [0.05, 0.1) is 12.2 Å². The lowest BCUT2D eigenvalue weighted by atomic mass is 10.2. The second-order valence-corrected chi connectivity index (χ2v) is 4.19. The Morgan fingerprint density at radius 3 is 2.36 bits per heavy atom. The number of anilines is 1. The fraction of sp³-hybridized carbons (Fsp3) is 0.0714. The molecule has 0 aliphatic heterocycles. The first-order valence-electron chi connectivity index (χ1n) is 6.10. The van der Waals surface area contributed by atoms with E-state index >= 15 is 0 Å². The van der Waals surface area contributed by atoms with Gasteiger partial charge in [-0.25, -0.2) is 13.2 Å². The van der Waals surface area contributed by atoms with Gasteiger partial charge >= 0.3 is 0 Å². The van der Waals surface area contributed by atoms with Gasteiger partial charge in [0.2, 0.25) is 5.91 Å². The predicted molar refractivity (Wildman–Crippen MR) is 71.5 cm³/mol. The molecule has 114 valence electrons. The molecule has 5 nitrogen and oxygen atoms in total. The summed E-state index contributed by atoms with van der Waals surface area (Å²) in [7, 11) is 0. The molecule has 0 aliphatic carbocycles. The number of benzene rings is 1. The summed E-state index contributed by atoms with van der Waals surface area (Å²) < 4.78 is 39.1. The molecule has 2 rings (SSSR count). The largest absolute Gasteiger partial charge is 0.343 e. The number of aromatic nitrogens is 1. The van der Waals surface area contributed by atoms with Crippen LogP contribution in [0.5, 0.6) is 0 Å². The Bertz CT molecular complexity index is 708. The highest BCUT2D eigenvalue weighted by molar-refractivity contribution is 5.99. The maximum absolute atomic E-state index is 13.4. The van der Waals surface area contributed by atoms with Crippen LogP contribution in [-0.2, 0) is 4.79 Å². The third-order valence-corrected chi connectivity index (χ3v) is 2.66. The minimum Gasteiger partial charge on any atom is -0.343 e. The van der Waals surface area contributed by atoms with Gasteiger partial charge in [0.15, 0.2) is 17.5 Å². The Labute approximate surface area is 123 Å². The third kappa shape index (κ3) is 3.60. The lowest BCUT2D eigenvalue weighted by Crippen LogP contribution is -2.33. The van der Waals surface area contributed by atoms with Crippen molar-refractivity contribution in [2.24, 2.45) is 0 Å². The number of nitrogens with zero attached hydrogens (tertiary/aromatic N) is 1. The second kappa shape index (κ2) is 6.70. The minimum atomic E-state index is -1.68. The quantitative estimate of drug-likeness (QED) is 0.847. The summed E-state index contributed by atoms with van der Waals surface area (Å²) in [6, 6.07) is 4.46. The van der Waals surface area contributed by atoms with Crippen molar-refractivity contribution >= 4 is 17.5 Å². The monoisotopic (exact) mass is 309 g/mol. The van der Waals surface area contributed by atoms with E-state index in [4.69, 9.17) is 0 Å². The first-order valence-corrected chi connectivity index (χ1v) is 6.10. The van der Waals surface area contributed by atoms with Gasteiger partial charge in [-0.05, 0) is 24.3 Å². The molecule has 2 amide bonds. The summed E-state index contributed by atoms with van der Waals surface area (Å²) >= 11 is 0. The maximum Gasteiger partial charge on any atom is 0.251 e. The summed E-state index contributed by atoms with van der Waals surface area (Å²) in [5, 5.41) is 4.33. The van der Waals surface area contributed by atoms with Crippen molar-refractivity contribution in [3.8, 4) is 0 Å². The van der Waals surface area contributed by atoms with E-state index in [-0.39, 0.29) is 0 Å². The van der Waals surface area contributed by atoms with E-state index in [2.05, 4.69) is 10.3 Å². The van der Waals surface area contributed by atoms with Crippen LogP contribution in [0.15, 0.2) is 36.7 Å². The van der Waals surface area contributed by atoms with Crippen LogP contribution in [0.3, 0.4) is 0 Å². The molecule has 1 aromatic carbocycles. The van der Waals surface area contributed by atoms with E-state index in [1.165, 1.54) is 24.5 Å². The molecule has 22 heavy (non-hydrogen) atoms. The number of rotatable bonds is 4. The van der Waals surface area contributed by atoms with Crippen molar-refractivity contribution < 1.29 is 22.8 Å². The molecule has 2 aromatic rings. The molecule has 0 radical (unpaired) electrons. The summed E-state index contributed by atoms with van der Waals surface area (Å²) in [6.07, 6.45) is 2.82.